The van der Waals surface area contributed by atoms with Gasteiger partial charge in [0.1, 0.15) is 5.82 Å². The Bertz CT molecular complexity index is 463. The first kappa shape index (κ1) is 8.87. The monoisotopic (exact) mass is 194 g/mol. The summed E-state index contributed by atoms with van der Waals surface area (Å²) in [7, 11) is 1.80. The van der Waals surface area contributed by atoms with Gasteiger partial charge in [0.15, 0.2) is 11.6 Å². The van der Waals surface area contributed by atoms with Crippen LogP contribution in [0, 0.1) is 11.6 Å². The molecule has 0 aliphatic carbocycles. The van der Waals surface area contributed by atoms with Gasteiger partial charge in [0.25, 0.3) is 0 Å². The Morgan fingerprint density at radius 1 is 1.21 bits per heavy atom. The van der Waals surface area contributed by atoms with Crippen molar-refractivity contribution in [2.24, 2.45) is 7.05 Å². The van der Waals surface area contributed by atoms with E-state index in [-0.39, 0.29) is 0 Å². The third-order valence-electron chi connectivity index (χ3n) is 2.00. The number of benzene rings is 1. The van der Waals surface area contributed by atoms with Crippen LogP contribution in [0.25, 0.3) is 11.4 Å². The Morgan fingerprint density at radius 2 is 2.00 bits per heavy atom. The highest BCUT2D eigenvalue weighted by Gasteiger charge is 2.07. The molecule has 1 aromatic heterocycles. The fourth-order valence-corrected chi connectivity index (χ4v) is 1.28. The van der Waals surface area contributed by atoms with Crippen LogP contribution in [0.4, 0.5) is 8.78 Å². The molecule has 2 nitrogen and oxygen atoms in total. The second-order valence-electron chi connectivity index (χ2n) is 2.99. The molecule has 0 radical (unpaired) electrons. The summed E-state index contributed by atoms with van der Waals surface area (Å²) in [4.78, 5) is 4.03. The van der Waals surface area contributed by atoms with E-state index < -0.39 is 11.6 Å². The minimum Gasteiger partial charge on any atom is -0.334 e. The van der Waals surface area contributed by atoms with Gasteiger partial charge in [-0.25, -0.2) is 13.8 Å². The van der Waals surface area contributed by atoms with Gasteiger partial charge in [0, 0.05) is 25.0 Å². The van der Waals surface area contributed by atoms with Gasteiger partial charge in [0.05, 0.1) is 0 Å². The predicted octanol–water partition coefficient (Wildman–Crippen LogP) is 2.37. The van der Waals surface area contributed by atoms with Crippen LogP contribution in [0.15, 0.2) is 30.6 Å². The van der Waals surface area contributed by atoms with Crippen molar-refractivity contribution in [3.8, 4) is 11.4 Å². The van der Waals surface area contributed by atoms with Crippen LogP contribution < -0.4 is 0 Å². The second kappa shape index (κ2) is 3.21. The van der Waals surface area contributed by atoms with Crippen LogP contribution in [-0.4, -0.2) is 9.55 Å². The van der Waals surface area contributed by atoms with Crippen molar-refractivity contribution >= 4 is 0 Å². The number of aromatic nitrogens is 2. The first-order chi connectivity index (χ1) is 6.68. The van der Waals surface area contributed by atoms with E-state index >= 15 is 0 Å². The molecule has 14 heavy (non-hydrogen) atoms. The third-order valence-corrected chi connectivity index (χ3v) is 2.00. The highest BCUT2D eigenvalue weighted by Crippen LogP contribution is 2.18. The van der Waals surface area contributed by atoms with Crippen molar-refractivity contribution in [3.63, 3.8) is 0 Å². The summed E-state index contributed by atoms with van der Waals surface area (Å²) < 4.78 is 27.3. The molecule has 1 heterocycles. The molecular weight excluding hydrogens is 186 g/mol. The molecular formula is C10H8F2N2. The number of rotatable bonds is 1. The highest BCUT2D eigenvalue weighted by atomic mass is 19.2. The lowest BCUT2D eigenvalue weighted by Gasteiger charge is -2.01. The number of imidazole rings is 1. The summed E-state index contributed by atoms with van der Waals surface area (Å²) in [5.74, 6) is -1.09. The normalized spacial score (nSPS) is 10.5. The minimum absolute atomic E-state index is 0.566. The van der Waals surface area contributed by atoms with E-state index in [1.807, 2.05) is 0 Å². The summed E-state index contributed by atoms with van der Waals surface area (Å²) in [5.41, 5.74) is 0.566. The largest absolute Gasteiger partial charge is 0.334 e. The van der Waals surface area contributed by atoms with Gasteiger partial charge >= 0.3 is 0 Å². The molecule has 0 amide bonds. The molecule has 0 bridgehead atoms. The molecule has 0 saturated heterocycles. The van der Waals surface area contributed by atoms with E-state index in [2.05, 4.69) is 4.98 Å². The topological polar surface area (TPSA) is 17.8 Å². The minimum atomic E-state index is -0.856. The zero-order valence-electron chi connectivity index (χ0n) is 7.54. The van der Waals surface area contributed by atoms with Crippen LogP contribution in [0.2, 0.25) is 0 Å². The Hall–Kier alpha value is -1.71. The first-order valence-corrected chi connectivity index (χ1v) is 4.11. The smallest absolute Gasteiger partial charge is 0.159 e. The van der Waals surface area contributed by atoms with E-state index in [0.717, 1.165) is 12.1 Å². The maximum absolute atomic E-state index is 12.9. The van der Waals surface area contributed by atoms with E-state index in [1.165, 1.54) is 6.07 Å². The van der Waals surface area contributed by atoms with Gasteiger partial charge in [-0.2, -0.15) is 0 Å². The SMILES string of the molecule is Cn1ccnc1-c1ccc(F)c(F)c1. The van der Waals surface area contributed by atoms with Gasteiger partial charge in [-0.1, -0.05) is 0 Å². The molecule has 4 heteroatoms. The van der Waals surface area contributed by atoms with Crippen LogP contribution >= 0.6 is 0 Å². The van der Waals surface area contributed by atoms with Crippen LogP contribution in [0.1, 0.15) is 0 Å². The summed E-state index contributed by atoms with van der Waals surface area (Å²) in [6.45, 7) is 0. The maximum Gasteiger partial charge on any atom is 0.159 e. The van der Waals surface area contributed by atoms with Crippen molar-refractivity contribution in [1.82, 2.24) is 9.55 Å². The van der Waals surface area contributed by atoms with Crippen molar-refractivity contribution in [2.75, 3.05) is 0 Å². The number of aryl methyl sites for hydroxylation is 1. The molecule has 0 unspecified atom stereocenters. The van der Waals surface area contributed by atoms with Crippen LogP contribution in [-0.2, 0) is 7.05 Å². The number of nitrogens with zero attached hydrogens (tertiary/aromatic N) is 2. The Morgan fingerprint density at radius 3 is 2.57 bits per heavy atom. The van der Waals surface area contributed by atoms with Gasteiger partial charge in [-0.3, -0.25) is 0 Å². The Balaban J connectivity index is 2.53. The molecule has 72 valence electrons. The molecule has 0 N–H and O–H groups in total. The molecule has 1 aromatic carbocycles. The fraction of sp³-hybridized carbons (Fsp3) is 0.100. The van der Waals surface area contributed by atoms with E-state index in [0.29, 0.717) is 11.4 Å². The molecule has 2 aromatic rings. The summed E-state index contributed by atoms with van der Waals surface area (Å²) >= 11 is 0. The lowest BCUT2D eigenvalue weighted by Crippen LogP contribution is -1.93. The maximum atomic E-state index is 12.9. The Labute approximate surface area is 79.8 Å². The summed E-state index contributed by atoms with van der Waals surface area (Å²) in [5, 5.41) is 0. The van der Waals surface area contributed by atoms with Gasteiger partial charge in [-0.15, -0.1) is 0 Å². The van der Waals surface area contributed by atoms with Gasteiger partial charge in [0.2, 0.25) is 0 Å². The first-order valence-electron chi connectivity index (χ1n) is 4.11. The molecule has 0 fully saturated rings. The lowest BCUT2D eigenvalue weighted by molar-refractivity contribution is 0.509. The number of hydrogen-bond donors (Lipinski definition) is 0. The highest BCUT2D eigenvalue weighted by molar-refractivity contribution is 5.55. The molecule has 0 aliphatic heterocycles. The average molecular weight is 194 g/mol. The van der Waals surface area contributed by atoms with E-state index in [1.54, 1.807) is 24.0 Å². The van der Waals surface area contributed by atoms with Gasteiger partial charge < -0.3 is 4.57 Å². The fourth-order valence-electron chi connectivity index (χ4n) is 1.28. The number of hydrogen-bond acceptors (Lipinski definition) is 1. The van der Waals surface area contributed by atoms with Gasteiger partial charge in [-0.05, 0) is 18.2 Å². The standard InChI is InChI=1S/C10H8F2N2/c1-14-5-4-13-10(14)7-2-3-8(11)9(12)6-7/h2-6H,1H3. The quantitative estimate of drug-likeness (QED) is 0.681. The van der Waals surface area contributed by atoms with Crippen molar-refractivity contribution in [3.05, 3.63) is 42.2 Å². The zero-order chi connectivity index (χ0) is 10.1. The third kappa shape index (κ3) is 1.39. The van der Waals surface area contributed by atoms with Crippen LogP contribution in [0.3, 0.4) is 0 Å². The average Bonchev–Trinajstić information content (AvgIpc) is 2.57. The molecule has 0 aliphatic rings. The van der Waals surface area contributed by atoms with E-state index in [9.17, 15) is 8.78 Å². The summed E-state index contributed by atoms with van der Waals surface area (Å²) in [6.07, 6.45) is 3.35. The van der Waals surface area contributed by atoms with Crippen LogP contribution in [0.5, 0.6) is 0 Å². The molecule has 0 atom stereocenters. The zero-order valence-corrected chi connectivity index (χ0v) is 7.54. The molecule has 2 rings (SSSR count). The lowest BCUT2D eigenvalue weighted by atomic mass is 10.2. The predicted molar refractivity (Wildman–Crippen MR) is 48.6 cm³/mol. The van der Waals surface area contributed by atoms with Crippen molar-refractivity contribution in [1.29, 1.82) is 0 Å². The van der Waals surface area contributed by atoms with Crippen molar-refractivity contribution < 1.29 is 8.78 Å². The second-order valence-corrected chi connectivity index (χ2v) is 2.99. The Kier molecular flexibility index (Phi) is 2.04. The van der Waals surface area contributed by atoms with Crippen molar-refractivity contribution in [2.45, 2.75) is 0 Å². The number of halogens is 2. The molecule has 0 spiro atoms. The summed E-state index contributed by atoms with van der Waals surface area (Å²) in [6, 6.07) is 3.73. The van der Waals surface area contributed by atoms with E-state index in [4.69, 9.17) is 0 Å². The molecule has 0 saturated carbocycles.